The van der Waals surface area contributed by atoms with E-state index in [1.165, 1.54) is 16.7 Å². The molecule has 1 rings (SSSR count). The summed E-state index contributed by atoms with van der Waals surface area (Å²) < 4.78 is 5.39. The molecule has 4 heteroatoms. The Kier molecular flexibility index (Phi) is 9.97. The molecule has 0 amide bonds. The largest absolute Gasteiger partial charge is 1.00 e. The van der Waals surface area contributed by atoms with Gasteiger partial charge in [0.05, 0.1) is 13.1 Å². The molecule has 1 aromatic carbocycles. The molecular weight excluding hydrogens is 307 g/mol. The first kappa shape index (κ1) is 23.0. The van der Waals surface area contributed by atoms with E-state index in [1.54, 1.807) is 20.1 Å². The van der Waals surface area contributed by atoms with Gasteiger partial charge in [0, 0.05) is 0 Å². The molecule has 0 N–H and O–H groups in total. The molecule has 0 saturated carbocycles. The third kappa shape index (κ3) is 7.21. The SMILES string of the molecule is COc1cc(C)c(/C=C/C(C)=C/C=C/C(C)=C/C(=O)[O-])c(C)c1C.[Li+]. The van der Waals surface area contributed by atoms with Crippen LogP contribution in [0.25, 0.3) is 6.08 Å². The predicted octanol–water partition coefficient (Wildman–Crippen LogP) is 0.836. The van der Waals surface area contributed by atoms with E-state index in [9.17, 15) is 9.90 Å². The van der Waals surface area contributed by atoms with Crippen molar-refractivity contribution in [1.82, 2.24) is 0 Å². The van der Waals surface area contributed by atoms with Crippen molar-refractivity contribution < 1.29 is 33.5 Å². The number of hydrogen-bond acceptors (Lipinski definition) is 3. The Morgan fingerprint density at radius 1 is 1.08 bits per heavy atom. The molecule has 0 aliphatic heterocycles. The zero-order valence-corrected chi connectivity index (χ0v) is 16.3. The smallest absolute Gasteiger partial charge is 0.545 e. The van der Waals surface area contributed by atoms with Gasteiger partial charge in [-0.2, -0.15) is 0 Å². The molecule has 3 nitrogen and oxygen atoms in total. The summed E-state index contributed by atoms with van der Waals surface area (Å²) in [5, 5.41) is 10.4. The Hall–Kier alpha value is -1.95. The molecule has 0 fully saturated rings. The molecule has 1 aromatic rings. The maximum Gasteiger partial charge on any atom is 1.00 e. The van der Waals surface area contributed by atoms with E-state index in [4.69, 9.17) is 4.74 Å². The Morgan fingerprint density at radius 2 is 1.72 bits per heavy atom. The van der Waals surface area contributed by atoms with E-state index < -0.39 is 5.97 Å². The minimum atomic E-state index is -1.18. The van der Waals surface area contributed by atoms with Crippen LogP contribution in [0.3, 0.4) is 0 Å². The number of allylic oxidation sites excluding steroid dienone is 6. The maximum atomic E-state index is 10.4. The number of hydrogen-bond donors (Lipinski definition) is 0. The van der Waals surface area contributed by atoms with Crippen LogP contribution < -0.4 is 28.7 Å². The molecule has 0 atom stereocenters. The normalized spacial score (nSPS) is 12.6. The molecule has 0 spiro atoms. The summed E-state index contributed by atoms with van der Waals surface area (Å²) in [6, 6.07) is 2.05. The van der Waals surface area contributed by atoms with Crippen molar-refractivity contribution in [3.8, 4) is 5.75 Å². The fourth-order valence-corrected chi connectivity index (χ4v) is 2.39. The van der Waals surface area contributed by atoms with Crippen LogP contribution in [0.4, 0.5) is 0 Å². The Balaban J connectivity index is 0.00000576. The second-order valence-corrected chi connectivity index (χ2v) is 5.87. The summed E-state index contributed by atoms with van der Waals surface area (Å²) in [4.78, 5) is 10.4. The number of methoxy groups -OCH3 is 1. The fraction of sp³-hybridized carbons (Fsp3) is 0.286. The van der Waals surface area contributed by atoms with Gasteiger partial charge in [0.1, 0.15) is 5.75 Å². The van der Waals surface area contributed by atoms with Crippen molar-refractivity contribution in [1.29, 1.82) is 0 Å². The third-order valence-electron chi connectivity index (χ3n) is 3.91. The number of carbonyl (C=O) groups is 1. The maximum absolute atomic E-state index is 10.4. The average Bonchev–Trinajstić information content (AvgIpc) is 2.50. The van der Waals surface area contributed by atoms with E-state index in [-0.39, 0.29) is 18.9 Å². The second kappa shape index (κ2) is 10.8. The molecule has 0 unspecified atom stereocenters. The van der Waals surface area contributed by atoms with Crippen LogP contribution >= 0.6 is 0 Å². The standard InChI is InChI=1S/C21H26O3.Li/c1-14(8-7-9-15(2)12-21(22)23)10-11-19-16(3)13-20(24-6)18(5)17(19)4;/h7-13H,1-6H3,(H,22,23);/q;+1/p-1/b9-7+,11-10+,14-8+,15-12+;. The Bertz CT molecular complexity index is 738. The number of aryl methyl sites for hydroxylation is 1. The van der Waals surface area contributed by atoms with Crippen molar-refractivity contribution in [2.45, 2.75) is 34.6 Å². The van der Waals surface area contributed by atoms with Gasteiger partial charge in [0.25, 0.3) is 0 Å². The van der Waals surface area contributed by atoms with Gasteiger partial charge in [-0.1, -0.05) is 36.0 Å². The van der Waals surface area contributed by atoms with Crippen molar-refractivity contribution in [3.05, 3.63) is 69.8 Å². The van der Waals surface area contributed by atoms with E-state index in [0.29, 0.717) is 5.57 Å². The van der Waals surface area contributed by atoms with Gasteiger partial charge in [-0.3, -0.25) is 0 Å². The number of benzene rings is 1. The van der Waals surface area contributed by atoms with Crippen LogP contribution in [0, 0.1) is 20.8 Å². The van der Waals surface area contributed by atoms with Gasteiger partial charge in [0.2, 0.25) is 0 Å². The number of carboxylic acids is 1. The molecule has 25 heavy (non-hydrogen) atoms. The number of carbonyl (C=O) groups excluding carboxylic acids is 1. The summed E-state index contributed by atoms with van der Waals surface area (Å²) in [6.07, 6.45) is 10.7. The first-order chi connectivity index (χ1) is 11.3. The third-order valence-corrected chi connectivity index (χ3v) is 3.91. The van der Waals surface area contributed by atoms with Crippen LogP contribution in [0.1, 0.15) is 36.1 Å². The quantitative estimate of drug-likeness (QED) is 0.441. The number of rotatable bonds is 6. The second-order valence-electron chi connectivity index (χ2n) is 5.87. The molecule has 0 saturated heterocycles. The summed E-state index contributed by atoms with van der Waals surface area (Å²) >= 11 is 0. The minimum absolute atomic E-state index is 0. The van der Waals surface area contributed by atoms with Crippen molar-refractivity contribution >= 4 is 12.0 Å². The predicted molar refractivity (Wildman–Crippen MR) is 97.9 cm³/mol. The van der Waals surface area contributed by atoms with Crippen LogP contribution in [-0.2, 0) is 4.79 Å². The monoisotopic (exact) mass is 332 g/mol. The Labute approximate surface area is 163 Å². The molecule has 0 aliphatic rings. The van der Waals surface area contributed by atoms with E-state index >= 15 is 0 Å². The minimum Gasteiger partial charge on any atom is -0.545 e. The Morgan fingerprint density at radius 3 is 2.28 bits per heavy atom. The molecule has 0 aromatic heterocycles. The van der Waals surface area contributed by atoms with Crippen molar-refractivity contribution in [2.75, 3.05) is 7.11 Å². The summed E-state index contributed by atoms with van der Waals surface area (Å²) in [5.41, 5.74) is 6.42. The molecular formula is C21H25LiO3. The van der Waals surface area contributed by atoms with Gasteiger partial charge >= 0.3 is 18.9 Å². The van der Waals surface area contributed by atoms with Crippen molar-refractivity contribution in [2.24, 2.45) is 0 Å². The van der Waals surface area contributed by atoms with Crippen LogP contribution in [0.5, 0.6) is 5.75 Å². The summed E-state index contributed by atoms with van der Waals surface area (Å²) in [5.74, 6) is -0.272. The van der Waals surface area contributed by atoms with Gasteiger partial charge in [-0.15, -0.1) is 0 Å². The van der Waals surface area contributed by atoms with Gasteiger partial charge in [-0.25, -0.2) is 0 Å². The van der Waals surface area contributed by atoms with Gasteiger partial charge in [-0.05, 0) is 74.6 Å². The molecule has 0 bridgehead atoms. The summed E-state index contributed by atoms with van der Waals surface area (Å²) in [6.45, 7) is 9.94. The van der Waals surface area contributed by atoms with Crippen LogP contribution in [0.2, 0.25) is 0 Å². The average molecular weight is 332 g/mol. The van der Waals surface area contributed by atoms with E-state index in [0.717, 1.165) is 23.0 Å². The van der Waals surface area contributed by atoms with Crippen LogP contribution in [0.15, 0.2) is 47.6 Å². The molecule has 128 valence electrons. The van der Waals surface area contributed by atoms with Crippen molar-refractivity contribution in [3.63, 3.8) is 0 Å². The van der Waals surface area contributed by atoms with Gasteiger partial charge in [0.15, 0.2) is 0 Å². The molecule has 0 aliphatic carbocycles. The fourth-order valence-electron chi connectivity index (χ4n) is 2.39. The van der Waals surface area contributed by atoms with E-state index in [1.807, 2.05) is 25.2 Å². The van der Waals surface area contributed by atoms with E-state index in [2.05, 4.69) is 32.9 Å². The molecule has 0 radical (unpaired) electrons. The number of carboxylic acid groups (broad SMARTS) is 1. The van der Waals surface area contributed by atoms with Gasteiger partial charge < -0.3 is 14.6 Å². The topological polar surface area (TPSA) is 49.4 Å². The first-order valence-corrected chi connectivity index (χ1v) is 7.83. The first-order valence-electron chi connectivity index (χ1n) is 7.83. The summed E-state index contributed by atoms with van der Waals surface area (Å²) in [7, 11) is 1.69. The number of ether oxygens (including phenoxy) is 1. The number of aliphatic carboxylic acids is 1. The van der Waals surface area contributed by atoms with Crippen LogP contribution in [-0.4, -0.2) is 13.1 Å². The zero-order chi connectivity index (χ0) is 18.3. The zero-order valence-electron chi connectivity index (χ0n) is 16.3. The molecule has 0 heterocycles.